The molecule has 46 heavy (non-hydrogen) atoms. The summed E-state index contributed by atoms with van der Waals surface area (Å²) in [6, 6.07) is 5.81. The molecule has 7 nitrogen and oxygen atoms in total. The number of allylic oxidation sites excluding steroid dienone is 2. The highest BCUT2D eigenvalue weighted by Crippen LogP contribution is 2.36. The highest BCUT2D eigenvalue weighted by Gasteiger charge is 2.44. The molecule has 3 unspecified atom stereocenters. The Labute approximate surface area is 285 Å². The maximum Gasteiger partial charge on any atom is 0.214 e. The lowest BCUT2D eigenvalue weighted by Gasteiger charge is -2.46. The molecule has 1 aliphatic rings. The Balaban J connectivity index is 0.00000312. The van der Waals surface area contributed by atoms with E-state index in [2.05, 4.69) is 41.3 Å². The largest absolute Gasteiger partial charge is 0.390 e. The molecular weight excluding hydrogens is 601 g/mol. The van der Waals surface area contributed by atoms with Gasteiger partial charge < -0.3 is 25.5 Å². The summed E-state index contributed by atoms with van der Waals surface area (Å²) in [6.45, 7) is 23.6. The lowest BCUT2D eigenvalue weighted by Crippen LogP contribution is -2.56. The number of rotatable bonds is 14. The Hall–Kier alpha value is -2.42. The van der Waals surface area contributed by atoms with Crippen molar-refractivity contribution in [3.8, 4) is 0 Å². The fourth-order valence-electron chi connectivity index (χ4n) is 4.78. The van der Waals surface area contributed by atoms with Crippen LogP contribution in [0.4, 0.5) is 15.8 Å². The smallest absolute Gasteiger partial charge is 0.214 e. The van der Waals surface area contributed by atoms with Crippen LogP contribution in [0.3, 0.4) is 0 Å². The zero-order valence-electron chi connectivity index (χ0n) is 30.9. The van der Waals surface area contributed by atoms with E-state index in [-0.39, 0.29) is 11.8 Å². The van der Waals surface area contributed by atoms with Crippen molar-refractivity contribution in [2.75, 3.05) is 43.4 Å². The maximum atomic E-state index is 15.3. The molecule has 0 spiro atoms. The summed E-state index contributed by atoms with van der Waals surface area (Å²) in [7, 11) is 1.85. The standard InChI is InChI=1S/C31H49ClFN5O2.C4H10.C2H6/c1-9-10-11-28(36-26-13-12-22(2)29(16-26)37(21-39)15-14-30(5,6)40)27(32)18-35-24(4)38-19-23(3)31(7,33)25(20-38)17-34-8;1-3-4-2;1-2/h11-13,16,18,21,23,25,34,36,40H,9-10,14-15,17,19-20H2,1-8H3;3-4H2,1-2H3;1-2H3/b27-18+,28-11-,35-24?;;. The van der Waals surface area contributed by atoms with Crippen LogP contribution in [0.25, 0.3) is 0 Å². The molecule has 1 fully saturated rings. The van der Waals surface area contributed by atoms with Crippen LogP contribution in [-0.4, -0.2) is 66.7 Å². The zero-order chi connectivity index (χ0) is 35.5. The predicted octanol–water partition coefficient (Wildman–Crippen LogP) is 9.06. The minimum absolute atomic E-state index is 0.129. The van der Waals surface area contributed by atoms with Crippen molar-refractivity contribution < 1.29 is 14.3 Å². The van der Waals surface area contributed by atoms with Crippen molar-refractivity contribution in [3.63, 3.8) is 0 Å². The molecule has 1 aliphatic heterocycles. The first-order valence-electron chi connectivity index (χ1n) is 17.2. The first kappa shape index (κ1) is 43.6. The molecule has 1 aromatic rings. The van der Waals surface area contributed by atoms with E-state index in [0.29, 0.717) is 37.6 Å². The lowest BCUT2D eigenvalue weighted by atomic mass is 9.77. The summed E-state index contributed by atoms with van der Waals surface area (Å²) < 4.78 is 15.3. The number of nitrogens with one attached hydrogen (secondary N) is 2. The molecule has 0 aromatic heterocycles. The number of piperidine rings is 1. The number of hydrogen-bond donors (Lipinski definition) is 3. The number of nitrogens with zero attached hydrogens (tertiary/aromatic N) is 3. The Morgan fingerprint density at radius 2 is 1.85 bits per heavy atom. The van der Waals surface area contributed by atoms with Gasteiger partial charge in [-0.15, -0.1) is 0 Å². The average molecular weight is 666 g/mol. The number of alkyl halides is 1. The van der Waals surface area contributed by atoms with Crippen LogP contribution >= 0.6 is 11.6 Å². The van der Waals surface area contributed by atoms with Crippen LogP contribution in [0.1, 0.15) is 107 Å². The second-order valence-electron chi connectivity index (χ2n) is 12.8. The summed E-state index contributed by atoms with van der Waals surface area (Å²) in [6.07, 6.45) is 9.34. The third kappa shape index (κ3) is 15.0. The molecule has 1 saturated heterocycles. The second kappa shape index (κ2) is 22.2. The van der Waals surface area contributed by atoms with Crippen molar-refractivity contribution in [2.24, 2.45) is 16.8 Å². The monoisotopic (exact) mass is 665 g/mol. The molecule has 1 aromatic carbocycles. The quantitative estimate of drug-likeness (QED) is 0.0800. The van der Waals surface area contributed by atoms with Crippen LogP contribution < -0.4 is 15.5 Å². The molecule has 3 atom stereocenters. The maximum absolute atomic E-state index is 15.3. The van der Waals surface area contributed by atoms with Gasteiger partial charge in [0.1, 0.15) is 11.5 Å². The average Bonchev–Trinajstić information content (AvgIpc) is 3.02. The van der Waals surface area contributed by atoms with E-state index in [9.17, 15) is 9.90 Å². The molecule has 0 aliphatic carbocycles. The number of aliphatic hydroxyl groups is 1. The number of benzene rings is 1. The van der Waals surface area contributed by atoms with Gasteiger partial charge in [-0.25, -0.2) is 9.38 Å². The first-order chi connectivity index (χ1) is 21.6. The molecule has 0 radical (unpaired) electrons. The van der Waals surface area contributed by atoms with E-state index >= 15 is 4.39 Å². The van der Waals surface area contributed by atoms with Crippen molar-refractivity contribution in [2.45, 2.75) is 120 Å². The summed E-state index contributed by atoms with van der Waals surface area (Å²) in [5.41, 5.74) is 1.11. The predicted molar refractivity (Wildman–Crippen MR) is 199 cm³/mol. The van der Waals surface area contributed by atoms with E-state index in [1.165, 1.54) is 12.8 Å². The molecule has 1 heterocycles. The fourth-order valence-corrected chi connectivity index (χ4v) is 4.95. The van der Waals surface area contributed by atoms with Gasteiger partial charge in [-0.05, 0) is 72.2 Å². The Morgan fingerprint density at radius 3 is 2.37 bits per heavy atom. The molecule has 1 amide bonds. The number of amidine groups is 1. The number of carbonyl (C=O) groups is 1. The number of halogens is 2. The Morgan fingerprint density at radius 1 is 1.22 bits per heavy atom. The number of aryl methyl sites for hydroxylation is 1. The number of hydrogen-bond acceptors (Lipinski definition) is 5. The van der Waals surface area contributed by atoms with Gasteiger partial charge in [0.15, 0.2) is 0 Å². The Kier molecular flexibility index (Phi) is 21.0. The van der Waals surface area contributed by atoms with Crippen molar-refractivity contribution in [1.29, 1.82) is 0 Å². The Bertz CT molecular complexity index is 1110. The van der Waals surface area contributed by atoms with Gasteiger partial charge in [0, 0.05) is 55.6 Å². The molecule has 0 bridgehead atoms. The SMILES string of the molecule is CC.CCC/C=C(Nc1ccc(C)c(N(C=O)CCC(C)(C)O)c1)/C(Cl)=C\N=C(C)N1CC(C)C(C)(F)C(CNC)C1.CCCC. The van der Waals surface area contributed by atoms with Gasteiger partial charge in [0.2, 0.25) is 6.41 Å². The van der Waals surface area contributed by atoms with Gasteiger partial charge in [-0.3, -0.25) is 4.79 Å². The summed E-state index contributed by atoms with van der Waals surface area (Å²) in [5.74, 6) is 0.524. The van der Waals surface area contributed by atoms with Gasteiger partial charge in [-0.1, -0.05) is 84.5 Å². The number of carbonyl (C=O) groups excluding carboxylic acids is 1. The van der Waals surface area contributed by atoms with Gasteiger partial charge in [0.25, 0.3) is 0 Å². The third-order valence-electron chi connectivity index (χ3n) is 8.25. The van der Waals surface area contributed by atoms with Crippen molar-refractivity contribution in [1.82, 2.24) is 10.2 Å². The van der Waals surface area contributed by atoms with Crippen LogP contribution in [0.5, 0.6) is 0 Å². The van der Waals surface area contributed by atoms with Gasteiger partial charge in [-0.2, -0.15) is 0 Å². The topological polar surface area (TPSA) is 80.2 Å². The molecule has 2 rings (SSSR count). The lowest BCUT2D eigenvalue weighted by molar-refractivity contribution is -0.107. The zero-order valence-corrected chi connectivity index (χ0v) is 31.7. The van der Waals surface area contributed by atoms with Gasteiger partial charge >= 0.3 is 0 Å². The summed E-state index contributed by atoms with van der Waals surface area (Å²) >= 11 is 6.77. The van der Waals surface area contributed by atoms with Crippen LogP contribution in [0.15, 0.2) is 46.2 Å². The minimum Gasteiger partial charge on any atom is -0.390 e. The van der Waals surface area contributed by atoms with E-state index in [1.54, 1.807) is 31.9 Å². The van der Waals surface area contributed by atoms with Crippen LogP contribution in [0, 0.1) is 18.8 Å². The fraction of sp³-hybridized carbons (Fsp3) is 0.676. The van der Waals surface area contributed by atoms with E-state index in [4.69, 9.17) is 11.6 Å². The number of unbranched alkanes of at least 4 members (excludes halogenated alkanes) is 2. The van der Waals surface area contributed by atoms with Crippen LogP contribution in [0.2, 0.25) is 0 Å². The third-order valence-corrected chi connectivity index (χ3v) is 8.55. The highest BCUT2D eigenvalue weighted by atomic mass is 35.5. The van der Waals surface area contributed by atoms with E-state index in [1.807, 2.05) is 65.9 Å². The van der Waals surface area contributed by atoms with Gasteiger partial charge in [0.05, 0.1) is 16.3 Å². The van der Waals surface area contributed by atoms with Crippen molar-refractivity contribution in [3.05, 3.63) is 46.8 Å². The second-order valence-corrected chi connectivity index (χ2v) is 13.2. The molecule has 9 heteroatoms. The molecular formula is C37H65ClFN5O2. The number of amides is 1. The normalized spacial score (nSPS) is 20.7. The van der Waals surface area contributed by atoms with E-state index < -0.39 is 11.3 Å². The number of likely N-dealkylation sites (tertiary alicyclic amines) is 1. The van der Waals surface area contributed by atoms with Crippen LogP contribution in [-0.2, 0) is 4.79 Å². The summed E-state index contributed by atoms with van der Waals surface area (Å²) in [5, 5.41) is 17.1. The number of anilines is 2. The van der Waals surface area contributed by atoms with Crippen molar-refractivity contribution >= 4 is 35.2 Å². The highest BCUT2D eigenvalue weighted by molar-refractivity contribution is 6.32. The minimum atomic E-state index is -1.24. The van der Waals surface area contributed by atoms with E-state index in [0.717, 1.165) is 47.7 Å². The molecule has 264 valence electrons. The first-order valence-corrected chi connectivity index (χ1v) is 17.5. The molecule has 0 saturated carbocycles. The molecule has 3 N–H and O–H groups in total. The summed E-state index contributed by atoms with van der Waals surface area (Å²) in [4.78, 5) is 20.3. The number of aliphatic imine (C=N–C) groups is 1.